The summed E-state index contributed by atoms with van der Waals surface area (Å²) < 4.78 is 0. The number of carbonyl (C=O) groups excluding carboxylic acids is 2. The molecule has 0 bridgehead atoms. The molecule has 4 N–H and O–H groups in total. The van der Waals surface area contributed by atoms with Crippen molar-refractivity contribution in [1.82, 2.24) is 0 Å². The van der Waals surface area contributed by atoms with Gasteiger partial charge >= 0.3 is 17.1 Å². The van der Waals surface area contributed by atoms with Crippen LogP contribution in [0.25, 0.3) is 0 Å². The summed E-state index contributed by atoms with van der Waals surface area (Å²) in [5.74, 6) is -0.378. The van der Waals surface area contributed by atoms with E-state index >= 15 is 0 Å². The molecule has 148 valence electrons. The monoisotopic (exact) mass is 430 g/mol. The maximum Gasteiger partial charge on any atom is 3.00 e. The van der Waals surface area contributed by atoms with Gasteiger partial charge in [0.05, 0.1) is 13.2 Å². The van der Waals surface area contributed by atoms with Crippen molar-refractivity contribution in [3.05, 3.63) is 42.7 Å². The molecular formula is C15H20MnO9P-2. The fourth-order valence-corrected chi connectivity index (χ4v) is 0.997. The summed E-state index contributed by atoms with van der Waals surface area (Å²) in [6.07, 6.45) is 11.0. The molecule has 9 nitrogen and oxygen atoms in total. The van der Waals surface area contributed by atoms with E-state index in [4.69, 9.17) is 35.1 Å². The molecule has 0 spiro atoms. The van der Waals surface area contributed by atoms with Crippen LogP contribution in [0, 0.1) is 18.4 Å². The number of aliphatic hydroxyl groups excluding tert-OH is 4. The zero-order valence-electron chi connectivity index (χ0n) is 13.9. The molecule has 0 fully saturated rings. The summed E-state index contributed by atoms with van der Waals surface area (Å²) in [5.41, 5.74) is -2.19. The third-order valence-corrected chi connectivity index (χ3v) is 2.23. The van der Waals surface area contributed by atoms with Gasteiger partial charge in [-0.1, -0.05) is 6.92 Å². The number of allylic oxidation sites excluding steroid dienone is 4. The van der Waals surface area contributed by atoms with E-state index in [1.807, 2.05) is 19.1 Å². The second kappa shape index (κ2) is 21.8. The molecule has 1 rings (SSSR count). The van der Waals surface area contributed by atoms with Crippen LogP contribution in [0.5, 0.6) is 0 Å². The van der Waals surface area contributed by atoms with Crippen LogP contribution < -0.4 is 14.7 Å². The van der Waals surface area contributed by atoms with E-state index in [2.05, 4.69) is 19.1 Å². The number of rotatable bonds is 4. The standard InChI is InChI=1S/C7H8O6.C5H5.C3H7.Mn.O3P/c8-1-5(12)7(3-10,4-11)6(13)2-9;1-2-4-5-3-1;1-3-2;;1-4(2)3/h10-13H,3-4H2;1-3H,4H2;1,3H2,2H3;;/q;2*-1;+3;-3. The van der Waals surface area contributed by atoms with Crippen molar-refractivity contribution in [3.63, 3.8) is 0 Å². The molecule has 0 aliphatic heterocycles. The number of hydrogen-bond donors (Lipinski definition) is 4. The Morgan fingerprint density at radius 1 is 1.19 bits per heavy atom. The van der Waals surface area contributed by atoms with Gasteiger partial charge in [0.2, 0.25) is 0 Å². The molecule has 0 saturated heterocycles. The summed E-state index contributed by atoms with van der Waals surface area (Å²) in [4.78, 5) is 45.4. The predicted molar refractivity (Wildman–Crippen MR) is 84.4 cm³/mol. The first-order chi connectivity index (χ1) is 11.7. The van der Waals surface area contributed by atoms with Crippen LogP contribution in [-0.2, 0) is 26.7 Å². The molecular weight excluding hydrogens is 410 g/mol. The van der Waals surface area contributed by atoms with Crippen molar-refractivity contribution < 1.29 is 61.8 Å². The quantitative estimate of drug-likeness (QED) is 0.133. The van der Waals surface area contributed by atoms with Crippen molar-refractivity contribution in [2.45, 2.75) is 19.8 Å². The van der Waals surface area contributed by atoms with E-state index < -0.39 is 38.7 Å². The molecule has 0 aromatic heterocycles. The molecule has 0 saturated carbocycles. The van der Waals surface area contributed by atoms with Gasteiger partial charge < -0.3 is 50.6 Å². The van der Waals surface area contributed by atoms with Crippen LogP contribution in [0.3, 0.4) is 0 Å². The molecule has 0 radical (unpaired) electrons. The Labute approximate surface area is 163 Å². The Morgan fingerprint density at radius 2 is 1.54 bits per heavy atom. The Hall–Kier alpha value is -1.27. The van der Waals surface area contributed by atoms with Crippen LogP contribution in [0.2, 0.25) is 0 Å². The molecule has 0 atom stereocenters. The van der Waals surface area contributed by atoms with Crippen molar-refractivity contribution in [2.24, 2.45) is 5.41 Å². The normalized spacial score (nSPS) is 10.5. The third-order valence-electron chi connectivity index (χ3n) is 2.23. The fourth-order valence-electron chi connectivity index (χ4n) is 0.997. The third kappa shape index (κ3) is 16.2. The van der Waals surface area contributed by atoms with Gasteiger partial charge in [0, 0.05) is 0 Å². The molecule has 1 aliphatic carbocycles. The minimum Gasteiger partial charge on any atom is -0.854 e. The molecule has 0 unspecified atom stereocenters. The Kier molecular flexibility index (Phi) is 27.1. The van der Waals surface area contributed by atoms with E-state index in [0.717, 1.165) is 24.7 Å². The van der Waals surface area contributed by atoms with Gasteiger partial charge in [0.25, 0.3) is 0 Å². The van der Waals surface area contributed by atoms with E-state index in [0.29, 0.717) is 0 Å². The molecule has 26 heavy (non-hydrogen) atoms. The zero-order valence-corrected chi connectivity index (χ0v) is 16.0. The molecule has 1 aliphatic rings. The van der Waals surface area contributed by atoms with Crippen molar-refractivity contribution in [1.29, 1.82) is 0 Å². The van der Waals surface area contributed by atoms with Gasteiger partial charge in [-0.2, -0.15) is 12.5 Å². The first-order valence-corrected chi connectivity index (χ1v) is 7.76. The van der Waals surface area contributed by atoms with Crippen LogP contribution in [0.4, 0.5) is 0 Å². The first kappa shape index (κ1) is 32.4. The second-order valence-electron chi connectivity index (χ2n) is 4.03. The Morgan fingerprint density at radius 3 is 1.65 bits per heavy atom. The first-order valence-electron chi connectivity index (χ1n) is 6.67. The molecule has 0 aromatic carbocycles. The fraction of sp³-hybridized carbons (Fsp3) is 0.400. The smallest absolute Gasteiger partial charge is 0.854 e. The minimum atomic E-state index is -3.37. The van der Waals surface area contributed by atoms with E-state index in [9.17, 15) is 9.59 Å². The predicted octanol–water partition coefficient (Wildman–Crippen LogP) is -1.67. The van der Waals surface area contributed by atoms with Gasteiger partial charge in [0.1, 0.15) is 0 Å². The van der Waals surface area contributed by atoms with Crippen molar-refractivity contribution in [3.8, 4) is 0 Å². The van der Waals surface area contributed by atoms with E-state index in [-0.39, 0.29) is 17.1 Å². The van der Waals surface area contributed by atoms with Crippen molar-refractivity contribution >= 4 is 20.5 Å². The number of hydrogen-bond acceptors (Lipinski definition) is 9. The van der Waals surface area contributed by atoms with Gasteiger partial charge in [-0.25, -0.2) is 21.7 Å². The van der Waals surface area contributed by atoms with Gasteiger partial charge in [-0.15, -0.1) is 6.42 Å². The molecule has 0 aromatic rings. The topological polar surface area (TPSA) is 184 Å². The summed E-state index contributed by atoms with van der Waals surface area (Å²) in [6.45, 7) is 3.48. The largest absolute Gasteiger partial charge is 3.00 e. The Bertz CT molecular complexity index is 451. The Balaban J connectivity index is -0.000000152. The maximum atomic E-state index is 10.0. The summed E-state index contributed by atoms with van der Waals surface area (Å²) in [5, 5.41) is 35.2. The summed E-state index contributed by atoms with van der Waals surface area (Å²) >= 11 is 0. The summed E-state index contributed by atoms with van der Waals surface area (Å²) in [6, 6.07) is 0. The average molecular weight is 430 g/mol. The minimum absolute atomic E-state index is 0. The van der Waals surface area contributed by atoms with E-state index in [1.54, 1.807) is 0 Å². The maximum absolute atomic E-state index is 10.0. The second-order valence-corrected chi connectivity index (χ2v) is 4.47. The van der Waals surface area contributed by atoms with Crippen LogP contribution in [0.15, 0.2) is 29.7 Å². The van der Waals surface area contributed by atoms with Gasteiger partial charge in [-0.05, 0) is 0 Å². The zero-order chi connectivity index (χ0) is 20.3. The average Bonchev–Trinajstić information content (AvgIpc) is 3.16. The van der Waals surface area contributed by atoms with Crippen LogP contribution in [0.1, 0.15) is 19.8 Å². The molecule has 0 amide bonds. The van der Waals surface area contributed by atoms with Crippen LogP contribution in [-0.4, -0.2) is 45.5 Å². The van der Waals surface area contributed by atoms with Gasteiger partial charge in [-0.3, -0.25) is 6.08 Å². The van der Waals surface area contributed by atoms with E-state index in [1.165, 1.54) is 0 Å². The number of aliphatic hydroxyl groups is 4. The molecule has 11 heteroatoms. The van der Waals surface area contributed by atoms with Crippen LogP contribution >= 0.6 is 8.60 Å². The van der Waals surface area contributed by atoms with Crippen molar-refractivity contribution in [2.75, 3.05) is 13.2 Å². The molecule has 0 heterocycles. The summed E-state index contributed by atoms with van der Waals surface area (Å²) in [7, 11) is -3.37. The van der Waals surface area contributed by atoms with Gasteiger partial charge in [0.15, 0.2) is 28.8 Å². The SMILES string of the molecule is O=C=C(O)C(CO)(CO)C(O)=C=O.[C-]1=CC=CC1.[CH2-]CC.[Mn+3].[O-]P([O-])[O-].